The highest BCUT2D eigenvalue weighted by Crippen LogP contribution is 2.49. The molecule has 0 radical (unpaired) electrons. The maximum atomic E-state index is 12.7. The van der Waals surface area contributed by atoms with Gasteiger partial charge in [-0.3, -0.25) is 4.79 Å². The van der Waals surface area contributed by atoms with E-state index < -0.39 is 0 Å². The quantitative estimate of drug-likeness (QED) is 0.905. The number of nitrogens with one attached hydrogen (secondary N) is 2. The minimum absolute atomic E-state index is 0.127. The van der Waals surface area contributed by atoms with Gasteiger partial charge in [0.05, 0.1) is 5.41 Å². The van der Waals surface area contributed by atoms with E-state index in [0.717, 1.165) is 43.5 Å². The third-order valence-electron chi connectivity index (χ3n) is 4.81. The van der Waals surface area contributed by atoms with Crippen molar-refractivity contribution in [1.82, 2.24) is 0 Å². The summed E-state index contributed by atoms with van der Waals surface area (Å²) in [5.74, 6) is 0.127. The van der Waals surface area contributed by atoms with Crippen molar-refractivity contribution >= 4 is 17.3 Å². The summed E-state index contributed by atoms with van der Waals surface area (Å²) in [5, 5.41) is 6.53. The largest absolute Gasteiger partial charge is 0.385 e. The van der Waals surface area contributed by atoms with E-state index in [-0.39, 0.29) is 11.3 Å². The molecule has 2 aromatic rings. The van der Waals surface area contributed by atoms with Crippen molar-refractivity contribution < 1.29 is 4.79 Å². The molecule has 3 heteroatoms. The number of hydrogen-bond acceptors (Lipinski definition) is 2. The van der Waals surface area contributed by atoms with E-state index in [1.165, 1.54) is 11.3 Å². The molecule has 0 atom stereocenters. The van der Waals surface area contributed by atoms with E-state index in [0.29, 0.717) is 0 Å². The standard InChI is InChI=1S/C19H20N2O/c22-18(19(10-11-19)15-6-2-1-3-7-15)21-16-8-9-17-14(13-16)5-4-12-20-17/h1-3,6-9,13,20H,4-5,10-12H2,(H,21,22). The van der Waals surface area contributed by atoms with Crippen molar-refractivity contribution in [2.45, 2.75) is 31.1 Å². The molecule has 0 bridgehead atoms. The summed E-state index contributed by atoms with van der Waals surface area (Å²) in [7, 11) is 0. The minimum atomic E-state index is -0.310. The molecule has 0 aromatic heterocycles. The predicted octanol–water partition coefficient (Wildman–Crippen LogP) is 3.72. The number of hydrogen-bond donors (Lipinski definition) is 2. The van der Waals surface area contributed by atoms with E-state index in [1.54, 1.807) is 0 Å². The van der Waals surface area contributed by atoms with E-state index >= 15 is 0 Å². The van der Waals surface area contributed by atoms with Crippen molar-refractivity contribution in [3.8, 4) is 0 Å². The smallest absolute Gasteiger partial charge is 0.235 e. The molecule has 3 nitrogen and oxygen atoms in total. The summed E-state index contributed by atoms with van der Waals surface area (Å²) in [4.78, 5) is 12.7. The van der Waals surface area contributed by atoms with Crippen LogP contribution in [0.15, 0.2) is 48.5 Å². The van der Waals surface area contributed by atoms with Crippen LogP contribution in [0.5, 0.6) is 0 Å². The van der Waals surface area contributed by atoms with Crippen molar-refractivity contribution in [2.24, 2.45) is 0 Å². The molecular weight excluding hydrogens is 272 g/mol. The molecule has 1 amide bonds. The molecular formula is C19H20N2O. The van der Waals surface area contributed by atoms with Crippen LogP contribution in [0.4, 0.5) is 11.4 Å². The van der Waals surface area contributed by atoms with Crippen molar-refractivity contribution in [1.29, 1.82) is 0 Å². The fourth-order valence-corrected chi connectivity index (χ4v) is 3.33. The fourth-order valence-electron chi connectivity index (χ4n) is 3.33. The molecule has 2 N–H and O–H groups in total. The monoisotopic (exact) mass is 292 g/mol. The molecule has 2 aliphatic rings. The average Bonchev–Trinajstić information content (AvgIpc) is 3.37. The number of rotatable bonds is 3. The lowest BCUT2D eigenvalue weighted by Gasteiger charge is -2.20. The molecule has 0 unspecified atom stereocenters. The highest BCUT2D eigenvalue weighted by atomic mass is 16.2. The highest BCUT2D eigenvalue weighted by molar-refractivity contribution is 6.01. The maximum Gasteiger partial charge on any atom is 0.235 e. The first-order valence-corrected chi connectivity index (χ1v) is 8.02. The zero-order valence-electron chi connectivity index (χ0n) is 12.6. The topological polar surface area (TPSA) is 41.1 Å². The first-order valence-electron chi connectivity index (χ1n) is 8.02. The molecule has 4 rings (SSSR count). The Morgan fingerprint density at radius 2 is 1.91 bits per heavy atom. The summed E-state index contributed by atoms with van der Waals surface area (Å²) < 4.78 is 0. The number of carbonyl (C=O) groups is 1. The lowest BCUT2D eigenvalue weighted by Crippen LogP contribution is -2.27. The van der Waals surface area contributed by atoms with Gasteiger partial charge in [0.2, 0.25) is 5.91 Å². The van der Waals surface area contributed by atoms with Gasteiger partial charge in [0.15, 0.2) is 0 Å². The van der Waals surface area contributed by atoms with Gasteiger partial charge in [-0.15, -0.1) is 0 Å². The molecule has 1 aliphatic heterocycles. The lowest BCUT2D eigenvalue weighted by molar-refractivity contribution is -0.118. The second-order valence-electron chi connectivity index (χ2n) is 6.30. The van der Waals surface area contributed by atoms with Crippen LogP contribution in [-0.4, -0.2) is 12.5 Å². The molecule has 0 spiro atoms. The Bertz CT molecular complexity index is 705. The van der Waals surface area contributed by atoms with E-state index in [9.17, 15) is 4.79 Å². The van der Waals surface area contributed by atoms with Crippen molar-refractivity contribution in [3.63, 3.8) is 0 Å². The number of anilines is 2. The van der Waals surface area contributed by atoms with Gasteiger partial charge in [-0.25, -0.2) is 0 Å². The van der Waals surface area contributed by atoms with Gasteiger partial charge in [0, 0.05) is 17.9 Å². The third-order valence-corrected chi connectivity index (χ3v) is 4.81. The number of benzene rings is 2. The van der Waals surface area contributed by atoms with Gasteiger partial charge in [-0.1, -0.05) is 30.3 Å². The zero-order valence-corrected chi connectivity index (χ0v) is 12.6. The zero-order chi connectivity index (χ0) is 15.0. The summed E-state index contributed by atoms with van der Waals surface area (Å²) in [5.41, 5.74) is 4.24. The minimum Gasteiger partial charge on any atom is -0.385 e. The number of aryl methyl sites for hydroxylation is 1. The van der Waals surface area contributed by atoms with E-state index in [1.807, 2.05) is 24.3 Å². The molecule has 2 aromatic carbocycles. The van der Waals surface area contributed by atoms with Crippen molar-refractivity contribution in [3.05, 3.63) is 59.7 Å². The molecule has 22 heavy (non-hydrogen) atoms. The Hall–Kier alpha value is -2.29. The van der Waals surface area contributed by atoms with Crippen LogP contribution in [0.2, 0.25) is 0 Å². The van der Waals surface area contributed by atoms with E-state index in [4.69, 9.17) is 0 Å². The SMILES string of the molecule is O=C(Nc1ccc2c(c1)CCCN2)C1(c2ccccc2)CC1. The predicted molar refractivity (Wildman–Crippen MR) is 89.2 cm³/mol. The molecule has 1 fully saturated rings. The van der Waals surface area contributed by atoms with Gasteiger partial charge in [-0.2, -0.15) is 0 Å². The first kappa shape index (κ1) is 13.4. The lowest BCUT2D eigenvalue weighted by atomic mass is 9.95. The van der Waals surface area contributed by atoms with Crippen LogP contribution in [0.3, 0.4) is 0 Å². The Labute approximate surface area is 130 Å². The molecule has 1 aliphatic carbocycles. The Morgan fingerprint density at radius 3 is 2.68 bits per heavy atom. The molecule has 112 valence electrons. The Kier molecular flexibility index (Phi) is 3.14. The van der Waals surface area contributed by atoms with Gasteiger partial charge in [0.1, 0.15) is 0 Å². The summed E-state index contributed by atoms with van der Waals surface area (Å²) in [6.45, 7) is 1.04. The van der Waals surface area contributed by atoms with Crippen LogP contribution in [0, 0.1) is 0 Å². The first-order chi connectivity index (χ1) is 10.8. The summed E-state index contributed by atoms with van der Waals surface area (Å²) in [6, 6.07) is 16.3. The van der Waals surface area contributed by atoms with Crippen LogP contribution in [-0.2, 0) is 16.6 Å². The number of amides is 1. The summed E-state index contributed by atoms with van der Waals surface area (Å²) >= 11 is 0. The van der Waals surface area contributed by atoms with E-state index in [2.05, 4.69) is 34.9 Å². The van der Waals surface area contributed by atoms with Crippen LogP contribution in [0.25, 0.3) is 0 Å². The molecule has 0 saturated heterocycles. The van der Waals surface area contributed by atoms with Gasteiger partial charge in [-0.05, 0) is 55.0 Å². The normalized spacial score (nSPS) is 18.0. The number of carbonyl (C=O) groups excluding carboxylic acids is 1. The average molecular weight is 292 g/mol. The van der Waals surface area contributed by atoms with Gasteiger partial charge >= 0.3 is 0 Å². The summed E-state index contributed by atoms with van der Waals surface area (Å²) in [6.07, 6.45) is 4.11. The molecule has 1 saturated carbocycles. The van der Waals surface area contributed by atoms with Crippen LogP contribution in [0.1, 0.15) is 30.4 Å². The number of fused-ring (bicyclic) bond motifs is 1. The van der Waals surface area contributed by atoms with Crippen LogP contribution < -0.4 is 10.6 Å². The third kappa shape index (κ3) is 2.27. The molecule has 1 heterocycles. The Morgan fingerprint density at radius 1 is 1.09 bits per heavy atom. The van der Waals surface area contributed by atoms with Crippen LogP contribution >= 0.6 is 0 Å². The highest BCUT2D eigenvalue weighted by Gasteiger charge is 2.51. The van der Waals surface area contributed by atoms with Gasteiger partial charge < -0.3 is 10.6 Å². The van der Waals surface area contributed by atoms with Gasteiger partial charge in [0.25, 0.3) is 0 Å². The fraction of sp³-hybridized carbons (Fsp3) is 0.316. The second kappa shape index (κ2) is 5.16. The maximum absolute atomic E-state index is 12.7. The Balaban J connectivity index is 1.55. The second-order valence-corrected chi connectivity index (χ2v) is 6.30. The van der Waals surface area contributed by atoms with Crippen molar-refractivity contribution in [2.75, 3.05) is 17.2 Å².